The van der Waals surface area contributed by atoms with Crippen molar-refractivity contribution in [3.8, 4) is 0 Å². The summed E-state index contributed by atoms with van der Waals surface area (Å²) in [4.78, 5) is 22.5. The number of carbonyl (C=O) groups excluding carboxylic acids is 2. The SMILES string of the molecule is O=C1CCC(C(=O)NCC2COCCN2)=NN1. The normalized spacial score (nSPS) is 24.8. The minimum atomic E-state index is -0.225. The Balaban J connectivity index is 1.75. The summed E-state index contributed by atoms with van der Waals surface area (Å²) in [5.74, 6) is -0.374. The van der Waals surface area contributed by atoms with E-state index in [4.69, 9.17) is 4.74 Å². The lowest BCUT2D eigenvalue weighted by atomic mass is 10.1. The highest BCUT2D eigenvalue weighted by atomic mass is 16.5. The van der Waals surface area contributed by atoms with Gasteiger partial charge in [0.05, 0.1) is 13.2 Å². The summed E-state index contributed by atoms with van der Waals surface area (Å²) in [6, 6.07) is 0.145. The fraction of sp³-hybridized carbons (Fsp3) is 0.700. The molecule has 0 radical (unpaired) electrons. The second kappa shape index (κ2) is 5.74. The number of amides is 2. The van der Waals surface area contributed by atoms with Gasteiger partial charge >= 0.3 is 0 Å². The first-order chi connectivity index (χ1) is 8.25. The molecule has 0 aromatic heterocycles. The molecular weight excluding hydrogens is 224 g/mol. The molecule has 2 aliphatic heterocycles. The molecule has 1 saturated heterocycles. The maximum absolute atomic E-state index is 11.7. The number of hydrogen-bond acceptors (Lipinski definition) is 5. The predicted octanol–water partition coefficient (Wildman–Crippen LogP) is -1.64. The third-order valence-electron chi connectivity index (χ3n) is 2.67. The molecule has 2 aliphatic rings. The van der Waals surface area contributed by atoms with Crippen molar-refractivity contribution < 1.29 is 14.3 Å². The van der Waals surface area contributed by atoms with Crippen molar-refractivity contribution in [2.75, 3.05) is 26.3 Å². The Morgan fingerprint density at radius 2 is 2.41 bits per heavy atom. The van der Waals surface area contributed by atoms with E-state index < -0.39 is 0 Å². The fourth-order valence-corrected chi connectivity index (χ4v) is 1.71. The third kappa shape index (κ3) is 3.50. The molecule has 7 heteroatoms. The van der Waals surface area contributed by atoms with Gasteiger partial charge in [-0.3, -0.25) is 9.59 Å². The van der Waals surface area contributed by atoms with Crippen LogP contribution < -0.4 is 16.1 Å². The Morgan fingerprint density at radius 3 is 3.06 bits per heavy atom. The van der Waals surface area contributed by atoms with Gasteiger partial charge in [0.2, 0.25) is 5.91 Å². The predicted molar refractivity (Wildman–Crippen MR) is 60.4 cm³/mol. The van der Waals surface area contributed by atoms with Crippen molar-refractivity contribution in [1.82, 2.24) is 16.1 Å². The van der Waals surface area contributed by atoms with Crippen LogP contribution >= 0.6 is 0 Å². The van der Waals surface area contributed by atoms with E-state index in [1.807, 2.05) is 0 Å². The van der Waals surface area contributed by atoms with E-state index in [0.717, 1.165) is 6.54 Å². The van der Waals surface area contributed by atoms with Crippen molar-refractivity contribution in [1.29, 1.82) is 0 Å². The highest BCUT2D eigenvalue weighted by molar-refractivity contribution is 6.39. The van der Waals surface area contributed by atoms with Crippen LogP contribution in [-0.2, 0) is 14.3 Å². The zero-order valence-electron chi connectivity index (χ0n) is 9.49. The van der Waals surface area contributed by atoms with E-state index in [9.17, 15) is 9.59 Å². The number of carbonyl (C=O) groups is 2. The largest absolute Gasteiger partial charge is 0.378 e. The Morgan fingerprint density at radius 1 is 1.53 bits per heavy atom. The molecule has 0 aromatic carbocycles. The van der Waals surface area contributed by atoms with Crippen LogP contribution in [0.2, 0.25) is 0 Å². The second-order valence-corrected chi connectivity index (χ2v) is 4.03. The minimum Gasteiger partial charge on any atom is -0.378 e. The van der Waals surface area contributed by atoms with Crippen molar-refractivity contribution in [3.63, 3.8) is 0 Å². The van der Waals surface area contributed by atoms with Gasteiger partial charge in [0.1, 0.15) is 5.71 Å². The van der Waals surface area contributed by atoms with E-state index in [-0.39, 0.29) is 17.9 Å². The van der Waals surface area contributed by atoms with Crippen molar-refractivity contribution in [3.05, 3.63) is 0 Å². The van der Waals surface area contributed by atoms with Gasteiger partial charge in [-0.2, -0.15) is 5.10 Å². The van der Waals surface area contributed by atoms with Crippen molar-refractivity contribution >= 4 is 17.5 Å². The van der Waals surface area contributed by atoms with E-state index in [1.165, 1.54) is 0 Å². The van der Waals surface area contributed by atoms with Gasteiger partial charge in [-0.05, 0) is 0 Å². The number of nitrogens with zero attached hydrogens (tertiary/aromatic N) is 1. The fourth-order valence-electron chi connectivity index (χ4n) is 1.71. The minimum absolute atomic E-state index is 0.145. The van der Waals surface area contributed by atoms with Crippen LogP contribution in [0.1, 0.15) is 12.8 Å². The molecule has 94 valence electrons. The van der Waals surface area contributed by atoms with Crippen LogP contribution in [0.3, 0.4) is 0 Å². The molecule has 2 rings (SSSR count). The molecule has 0 aromatic rings. The maximum atomic E-state index is 11.7. The monoisotopic (exact) mass is 240 g/mol. The van der Waals surface area contributed by atoms with Crippen LogP contribution in [0.25, 0.3) is 0 Å². The molecule has 2 heterocycles. The van der Waals surface area contributed by atoms with Gasteiger partial charge in [0.15, 0.2) is 0 Å². The molecule has 0 aliphatic carbocycles. The van der Waals surface area contributed by atoms with Crippen LogP contribution in [0.15, 0.2) is 5.10 Å². The maximum Gasteiger partial charge on any atom is 0.267 e. The molecule has 3 N–H and O–H groups in total. The summed E-state index contributed by atoms with van der Waals surface area (Å²) in [5.41, 5.74) is 2.68. The highest BCUT2D eigenvalue weighted by Crippen LogP contribution is 1.99. The van der Waals surface area contributed by atoms with Gasteiger partial charge in [-0.25, -0.2) is 5.43 Å². The highest BCUT2D eigenvalue weighted by Gasteiger charge is 2.19. The van der Waals surface area contributed by atoms with Crippen LogP contribution in [0, 0.1) is 0 Å². The molecule has 1 atom stereocenters. The van der Waals surface area contributed by atoms with Gasteiger partial charge in [0, 0.05) is 32.0 Å². The van der Waals surface area contributed by atoms with Crippen molar-refractivity contribution in [2.24, 2.45) is 5.10 Å². The van der Waals surface area contributed by atoms with E-state index in [2.05, 4.69) is 21.2 Å². The zero-order valence-corrected chi connectivity index (χ0v) is 9.49. The topological polar surface area (TPSA) is 91.8 Å². The summed E-state index contributed by atoms with van der Waals surface area (Å²) in [6.45, 7) is 2.62. The average molecular weight is 240 g/mol. The van der Waals surface area contributed by atoms with E-state index in [0.29, 0.717) is 38.3 Å². The van der Waals surface area contributed by atoms with Crippen molar-refractivity contribution in [2.45, 2.75) is 18.9 Å². The number of hydrazone groups is 1. The van der Waals surface area contributed by atoms with Gasteiger partial charge < -0.3 is 15.4 Å². The molecule has 17 heavy (non-hydrogen) atoms. The number of hydrogen-bond donors (Lipinski definition) is 3. The summed E-state index contributed by atoms with van der Waals surface area (Å²) >= 11 is 0. The van der Waals surface area contributed by atoms with Gasteiger partial charge in [-0.15, -0.1) is 0 Å². The number of ether oxygens (including phenoxy) is 1. The molecule has 1 fully saturated rings. The number of morpholine rings is 1. The lowest BCUT2D eigenvalue weighted by Gasteiger charge is -2.24. The first-order valence-electron chi connectivity index (χ1n) is 5.70. The Hall–Kier alpha value is -1.47. The summed E-state index contributed by atoms with van der Waals surface area (Å²) in [7, 11) is 0. The van der Waals surface area contributed by atoms with E-state index in [1.54, 1.807) is 0 Å². The molecule has 1 unspecified atom stereocenters. The number of rotatable bonds is 3. The first kappa shape index (κ1) is 12.0. The third-order valence-corrected chi connectivity index (χ3v) is 2.67. The molecule has 7 nitrogen and oxygen atoms in total. The molecule has 0 spiro atoms. The van der Waals surface area contributed by atoms with Gasteiger partial charge in [0.25, 0.3) is 5.91 Å². The lowest BCUT2D eigenvalue weighted by molar-refractivity contribution is -0.121. The average Bonchev–Trinajstić information content (AvgIpc) is 2.38. The molecular formula is C10H16N4O3. The van der Waals surface area contributed by atoms with Gasteiger partial charge in [-0.1, -0.05) is 0 Å². The zero-order chi connectivity index (χ0) is 12.1. The molecule has 2 amide bonds. The first-order valence-corrected chi connectivity index (χ1v) is 5.70. The van der Waals surface area contributed by atoms with E-state index >= 15 is 0 Å². The standard InChI is InChI=1S/C10H16N4O3/c15-9-2-1-8(13-14-9)10(16)12-5-7-6-17-4-3-11-7/h7,11H,1-6H2,(H,12,16)(H,14,15). The van der Waals surface area contributed by atoms with Crippen LogP contribution in [0.5, 0.6) is 0 Å². The summed E-state index contributed by atoms with van der Waals surface area (Å²) < 4.78 is 5.27. The second-order valence-electron chi connectivity index (χ2n) is 4.03. The summed E-state index contributed by atoms with van der Waals surface area (Å²) in [5, 5.41) is 9.74. The lowest BCUT2D eigenvalue weighted by Crippen LogP contribution is -2.49. The Bertz CT molecular complexity index is 336. The molecule has 0 saturated carbocycles. The quantitative estimate of drug-likeness (QED) is 0.551. The molecule has 0 bridgehead atoms. The smallest absolute Gasteiger partial charge is 0.267 e. The summed E-state index contributed by atoms with van der Waals surface area (Å²) in [6.07, 6.45) is 0.712. The van der Waals surface area contributed by atoms with Crippen LogP contribution in [-0.4, -0.2) is 49.9 Å². The Labute approximate surface area is 99.0 Å². The Kier molecular flexibility index (Phi) is 4.05. The van der Waals surface area contributed by atoms with Crippen LogP contribution in [0.4, 0.5) is 0 Å². The number of nitrogens with one attached hydrogen (secondary N) is 3.